The molecule has 1 atom stereocenters. The molecule has 0 saturated carbocycles. The molecule has 2 heterocycles. The minimum absolute atomic E-state index is 0.0205. The third kappa shape index (κ3) is 4.02. The highest BCUT2D eigenvalue weighted by molar-refractivity contribution is 5.95. The van der Waals surface area contributed by atoms with Crippen LogP contribution in [0.15, 0.2) is 48.8 Å². The highest BCUT2D eigenvalue weighted by Crippen LogP contribution is 2.32. The molecule has 1 saturated heterocycles. The fourth-order valence-electron chi connectivity index (χ4n) is 3.81. The number of aliphatic hydroxyl groups is 1. The van der Waals surface area contributed by atoms with E-state index in [0.717, 1.165) is 0 Å². The van der Waals surface area contributed by atoms with Crippen molar-refractivity contribution in [1.29, 1.82) is 0 Å². The average Bonchev–Trinajstić information content (AvgIpc) is 3.33. The zero-order chi connectivity index (χ0) is 21.1. The van der Waals surface area contributed by atoms with Crippen molar-refractivity contribution < 1.29 is 19.0 Å². The number of ether oxygens (including phenoxy) is 1. The number of amides is 1. The molecule has 30 heavy (non-hydrogen) atoms. The normalized spacial score (nSPS) is 15.8. The number of carbonyl (C=O) groups excluding carboxylic acids is 1. The SMILES string of the molecule is COc1ccc(C(=O)N2CCC([C@@H](O)c3ccc(F)cc3)CC2)cc1-n1cnnn1. The van der Waals surface area contributed by atoms with Crippen LogP contribution in [0.25, 0.3) is 5.69 Å². The van der Waals surface area contributed by atoms with E-state index < -0.39 is 6.10 Å². The van der Waals surface area contributed by atoms with Gasteiger partial charge >= 0.3 is 0 Å². The molecule has 1 N–H and O–H groups in total. The number of benzene rings is 2. The summed E-state index contributed by atoms with van der Waals surface area (Å²) in [6.07, 6.45) is 2.10. The lowest BCUT2D eigenvalue weighted by molar-refractivity contribution is 0.0462. The molecule has 0 radical (unpaired) electrons. The Hall–Kier alpha value is -3.33. The van der Waals surface area contributed by atoms with Gasteiger partial charge in [0, 0.05) is 18.7 Å². The van der Waals surface area contributed by atoms with Crippen molar-refractivity contribution in [3.8, 4) is 11.4 Å². The van der Waals surface area contributed by atoms with Crippen LogP contribution in [0.1, 0.15) is 34.9 Å². The van der Waals surface area contributed by atoms with E-state index in [2.05, 4.69) is 15.5 Å². The fraction of sp³-hybridized carbons (Fsp3) is 0.333. The lowest BCUT2D eigenvalue weighted by Crippen LogP contribution is -2.39. The number of likely N-dealkylation sites (tertiary alicyclic amines) is 1. The van der Waals surface area contributed by atoms with E-state index >= 15 is 0 Å². The first-order valence-electron chi connectivity index (χ1n) is 9.71. The third-order valence-electron chi connectivity index (χ3n) is 5.51. The van der Waals surface area contributed by atoms with Gasteiger partial charge in [0.15, 0.2) is 0 Å². The predicted molar refractivity (Wildman–Crippen MR) is 106 cm³/mol. The van der Waals surface area contributed by atoms with Crippen LogP contribution in [0, 0.1) is 11.7 Å². The van der Waals surface area contributed by atoms with Gasteiger partial charge in [-0.05, 0) is 65.1 Å². The van der Waals surface area contributed by atoms with Crippen molar-refractivity contribution in [1.82, 2.24) is 25.1 Å². The standard InChI is InChI=1S/C21H22FN5O3/c1-30-19-7-4-16(12-18(19)27-13-23-24-25-27)21(29)26-10-8-15(9-11-26)20(28)14-2-5-17(22)6-3-14/h2-7,12-13,15,20,28H,8-11H2,1H3/t20-/m0/s1. The summed E-state index contributed by atoms with van der Waals surface area (Å²) in [6, 6.07) is 11.1. The lowest BCUT2D eigenvalue weighted by Gasteiger charge is -2.34. The highest BCUT2D eigenvalue weighted by Gasteiger charge is 2.29. The van der Waals surface area contributed by atoms with Gasteiger partial charge in [0.25, 0.3) is 5.91 Å². The molecule has 9 heteroatoms. The Morgan fingerprint density at radius 1 is 1.20 bits per heavy atom. The topological polar surface area (TPSA) is 93.4 Å². The van der Waals surface area contributed by atoms with Crippen molar-refractivity contribution in [2.24, 2.45) is 5.92 Å². The summed E-state index contributed by atoms with van der Waals surface area (Å²) in [5, 5.41) is 21.7. The van der Waals surface area contributed by atoms with Gasteiger partial charge in [-0.25, -0.2) is 4.39 Å². The van der Waals surface area contributed by atoms with E-state index in [0.29, 0.717) is 48.5 Å². The zero-order valence-corrected chi connectivity index (χ0v) is 16.5. The fourth-order valence-corrected chi connectivity index (χ4v) is 3.81. The van der Waals surface area contributed by atoms with Crippen LogP contribution < -0.4 is 4.74 Å². The molecule has 1 aliphatic heterocycles. The Morgan fingerprint density at radius 3 is 2.57 bits per heavy atom. The molecule has 156 valence electrons. The first-order chi connectivity index (χ1) is 14.6. The van der Waals surface area contributed by atoms with Crippen molar-refractivity contribution in [3.05, 3.63) is 65.7 Å². The molecule has 8 nitrogen and oxygen atoms in total. The van der Waals surface area contributed by atoms with Crippen LogP contribution in [0.2, 0.25) is 0 Å². The number of methoxy groups -OCH3 is 1. The lowest BCUT2D eigenvalue weighted by atomic mass is 9.87. The Kier molecular flexibility index (Phi) is 5.71. The number of hydrogen-bond acceptors (Lipinski definition) is 6. The van der Waals surface area contributed by atoms with Gasteiger partial charge in [-0.3, -0.25) is 4.79 Å². The molecule has 1 aromatic heterocycles. The summed E-state index contributed by atoms with van der Waals surface area (Å²) in [6.45, 7) is 1.07. The van der Waals surface area contributed by atoms with Crippen molar-refractivity contribution in [3.63, 3.8) is 0 Å². The highest BCUT2D eigenvalue weighted by atomic mass is 19.1. The summed E-state index contributed by atoms with van der Waals surface area (Å²) in [5.74, 6) is 0.153. The maximum Gasteiger partial charge on any atom is 0.253 e. The summed E-state index contributed by atoms with van der Waals surface area (Å²) in [4.78, 5) is 14.8. The van der Waals surface area contributed by atoms with E-state index in [4.69, 9.17) is 4.74 Å². The van der Waals surface area contributed by atoms with Crippen LogP contribution in [0.3, 0.4) is 0 Å². The third-order valence-corrected chi connectivity index (χ3v) is 5.51. The van der Waals surface area contributed by atoms with E-state index in [-0.39, 0.29) is 17.6 Å². The van der Waals surface area contributed by atoms with E-state index in [1.807, 2.05) is 0 Å². The second-order valence-corrected chi connectivity index (χ2v) is 7.27. The molecule has 1 aliphatic rings. The molecule has 1 fully saturated rings. The quantitative estimate of drug-likeness (QED) is 0.693. The van der Waals surface area contributed by atoms with Crippen molar-refractivity contribution in [2.75, 3.05) is 20.2 Å². The Bertz CT molecular complexity index is 1000. The molecule has 0 spiro atoms. The smallest absolute Gasteiger partial charge is 0.253 e. The van der Waals surface area contributed by atoms with Gasteiger partial charge in [-0.15, -0.1) is 5.10 Å². The first-order valence-corrected chi connectivity index (χ1v) is 9.71. The van der Waals surface area contributed by atoms with Gasteiger partial charge < -0.3 is 14.7 Å². The zero-order valence-electron chi connectivity index (χ0n) is 16.5. The van der Waals surface area contributed by atoms with Gasteiger partial charge in [0.05, 0.1) is 13.2 Å². The molecule has 4 rings (SSSR count). The monoisotopic (exact) mass is 411 g/mol. The number of piperidine rings is 1. The van der Waals surface area contributed by atoms with Gasteiger partial charge in [0.2, 0.25) is 0 Å². The number of halogens is 1. The first kappa shape index (κ1) is 20.0. The minimum atomic E-state index is -0.671. The van der Waals surface area contributed by atoms with E-state index in [9.17, 15) is 14.3 Å². The number of carbonyl (C=O) groups is 1. The molecule has 0 bridgehead atoms. The van der Waals surface area contributed by atoms with Crippen LogP contribution in [-0.4, -0.2) is 56.3 Å². The van der Waals surface area contributed by atoms with Crippen LogP contribution in [-0.2, 0) is 0 Å². The number of aliphatic hydroxyl groups excluding tert-OH is 1. The van der Waals surface area contributed by atoms with Gasteiger partial charge in [-0.1, -0.05) is 12.1 Å². The second kappa shape index (κ2) is 8.58. The van der Waals surface area contributed by atoms with Gasteiger partial charge in [-0.2, -0.15) is 4.68 Å². The predicted octanol–water partition coefficient (Wildman–Crippen LogP) is 2.40. The summed E-state index contributed by atoms with van der Waals surface area (Å²) < 4.78 is 19.9. The van der Waals surface area contributed by atoms with Crippen molar-refractivity contribution >= 4 is 5.91 Å². The van der Waals surface area contributed by atoms with Gasteiger partial charge in [0.1, 0.15) is 23.6 Å². The molecular weight excluding hydrogens is 389 g/mol. The van der Waals surface area contributed by atoms with E-state index in [1.165, 1.54) is 23.1 Å². The van der Waals surface area contributed by atoms with Crippen molar-refractivity contribution in [2.45, 2.75) is 18.9 Å². The molecule has 0 unspecified atom stereocenters. The maximum absolute atomic E-state index is 13.1. The van der Waals surface area contributed by atoms with Crippen LogP contribution in [0.5, 0.6) is 5.75 Å². The molecule has 0 aliphatic carbocycles. The molecular formula is C21H22FN5O3. The number of aromatic nitrogens is 4. The molecule has 3 aromatic rings. The summed E-state index contributed by atoms with van der Waals surface area (Å²) in [5.41, 5.74) is 1.79. The van der Waals surface area contributed by atoms with Crippen LogP contribution >= 0.6 is 0 Å². The molecule has 2 aromatic carbocycles. The average molecular weight is 411 g/mol. The van der Waals surface area contributed by atoms with Crippen LogP contribution in [0.4, 0.5) is 4.39 Å². The number of tetrazole rings is 1. The number of nitrogens with zero attached hydrogens (tertiary/aromatic N) is 5. The molecule has 1 amide bonds. The Morgan fingerprint density at radius 2 is 1.93 bits per heavy atom. The second-order valence-electron chi connectivity index (χ2n) is 7.27. The Balaban J connectivity index is 1.44. The minimum Gasteiger partial charge on any atom is -0.494 e. The largest absolute Gasteiger partial charge is 0.494 e. The Labute approximate surface area is 172 Å². The number of hydrogen-bond donors (Lipinski definition) is 1. The summed E-state index contributed by atoms with van der Waals surface area (Å²) >= 11 is 0. The maximum atomic E-state index is 13.1. The van der Waals surface area contributed by atoms with E-state index in [1.54, 1.807) is 42.3 Å². The summed E-state index contributed by atoms with van der Waals surface area (Å²) in [7, 11) is 1.54. The number of rotatable bonds is 5.